The van der Waals surface area contributed by atoms with Gasteiger partial charge in [0.15, 0.2) is 5.75 Å². The third-order valence-electron chi connectivity index (χ3n) is 2.65. The van der Waals surface area contributed by atoms with E-state index >= 15 is 0 Å². The molecule has 3 aromatic rings. The third-order valence-corrected chi connectivity index (χ3v) is 3.58. The molecule has 0 aliphatic rings. The Kier molecular flexibility index (Phi) is 2.83. The van der Waals surface area contributed by atoms with Crippen molar-refractivity contribution >= 4 is 27.2 Å². The van der Waals surface area contributed by atoms with E-state index in [0.29, 0.717) is 17.2 Å². The molecule has 3 rings (SSSR count). The van der Waals surface area contributed by atoms with E-state index in [1.165, 1.54) is 12.1 Å². The predicted molar refractivity (Wildman–Crippen MR) is 75.2 cm³/mol. The predicted octanol–water partition coefficient (Wildman–Crippen LogP) is 4.12. The molecule has 0 unspecified atom stereocenters. The van der Waals surface area contributed by atoms with Crippen molar-refractivity contribution in [2.75, 3.05) is 5.73 Å². The van der Waals surface area contributed by atoms with E-state index in [1.54, 1.807) is 29.5 Å². The molecule has 19 heavy (non-hydrogen) atoms. The Morgan fingerprint density at radius 3 is 2.89 bits per heavy atom. The van der Waals surface area contributed by atoms with Crippen molar-refractivity contribution in [2.45, 2.75) is 6.92 Å². The van der Waals surface area contributed by atoms with Gasteiger partial charge < -0.3 is 10.5 Å². The molecule has 0 radical (unpaired) electrons. The summed E-state index contributed by atoms with van der Waals surface area (Å²) in [5, 5.41) is 0.970. The molecule has 2 N–H and O–H groups in total. The van der Waals surface area contributed by atoms with Gasteiger partial charge in [-0.1, -0.05) is 6.07 Å². The van der Waals surface area contributed by atoms with Gasteiger partial charge in [-0.15, -0.1) is 11.3 Å². The van der Waals surface area contributed by atoms with Crippen LogP contribution in [0.2, 0.25) is 0 Å². The Morgan fingerprint density at radius 2 is 2.11 bits per heavy atom. The highest BCUT2D eigenvalue weighted by molar-refractivity contribution is 7.18. The number of benzene rings is 2. The summed E-state index contributed by atoms with van der Waals surface area (Å²) >= 11 is 1.58. The fourth-order valence-corrected chi connectivity index (χ4v) is 2.69. The minimum atomic E-state index is -0.346. The second-order valence-electron chi connectivity index (χ2n) is 4.15. The number of hydrogen-bond donors (Lipinski definition) is 1. The number of aryl methyl sites for hydroxylation is 1. The van der Waals surface area contributed by atoms with Crippen LogP contribution >= 0.6 is 11.3 Å². The van der Waals surface area contributed by atoms with Gasteiger partial charge in [-0.05, 0) is 25.1 Å². The van der Waals surface area contributed by atoms with E-state index in [2.05, 4.69) is 4.98 Å². The van der Waals surface area contributed by atoms with Gasteiger partial charge in [-0.3, -0.25) is 0 Å². The van der Waals surface area contributed by atoms with Gasteiger partial charge in [-0.25, -0.2) is 9.37 Å². The standard InChI is InChI=1S/C14H11FN2OS/c1-8-17-12-7-13(11(16)6-14(12)19-8)18-10-4-2-3-9(15)5-10/h2-7H,16H2,1H3. The molecule has 0 aliphatic carbocycles. The van der Waals surface area contributed by atoms with Crippen molar-refractivity contribution in [1.82, 2.24) is 4.98 Å². The number of halogens is 1. The molecular weight excluding hydrogens is 263 g/mol. The van der Waals surface area contributed by atoms with Gasteiger partial charge in [0.2, 0.25) is 0 Å². The molecule has 1 aromatic heterocycles. The molecule has 0 spiro atoms. The second-order valence-corrected chi connectivity index (χ2v) is 5.38. The van der Waals surface area contributed by atoms with Crippen LogP contribution in [-0.2, 0) is 0 Å². The van der Waals surface area contributed by atoms with E-state index < -0.39 is 0 Å². The summed E-state index contributed by atoms with van der Waals surface area (Å²) in [6, 6.07) is 9.55. The Labute approximate surface area is 113 Å². The summed E-state index contributed by atoms with van der Waals surface area (Å²) in [5.41, 5.74) is 7.29. The lowest BCUT2D eigenvalue weighted by Crippen LogP contribution is -1.92. The van der Waals surface area contributed by atoms with E-state index in [9.17, 15) is 4.39 Å². The van der Waals surface area contributed by atoms with Gasteiger partial charge in [-0.2, -0.15) is 0 Å². The first-order chi connectivity index (χ1) is 9.11. The molecule has 0 saturated heterocycles. The fourth-order valence-electron chi connectivity index (χ4n) is 1.83. The lowest BCUT2D eigenvalue weighted by molar-refractivity contribution is 0.479. The Hall–Kier alpha value is -2.14. The van der Waals surface area contributed by atoms with Gasteiger partial charge in [0.25, 0.3) is 0 Å². The molecule has 0 aliphatic heterocycles. The summed E-state index contributed by atoms with van der Waals surface area (Å²) in [4.78, 5) is 4.38. The molecule has 0 saturated carbocycles. The first-order valence-corrected chi connectivity index (χ1v) is 6.53. The summed E-state index contributed by atoms with van der Waals surface area (Å²) in [7, 11) is 0. The molecule has 0 amide bonds. The van der Waals surface area contributed by atoms with Crippen LogP contribution in [0.15, 0.2) is 36.4 Å². The number of fused-ring (bicyclic) bond motifs is 1. The number of nitrogens with two attached hydrogens (primary N) is 1. The van der Waals surface area contributed by atoms with E-state index in [0.717, 1.165) is 15.2 Å². The van der Waals surface area contributed by atoms with Crippen molar-refractivity contribution in [3.8, 4) is 11.5 Å². The van der Waals surface area contributed by atoms with E-state index in [-0.39, 0.29) is 5.82 Å². The lowest BCUT2D eigenvalue weighted by Gasteiger charge is -2.08. The topological polar surface area (TPSA) is 48.1 Å². The van der Waals surface area contributed by atoms with Crippen molar-refractivity contribution in [3.63, 3.8) is 0 Å². The van der Waals surface area contributed by atoms with Crippen LogP contribution in [-0.4, -0.2) is 4.98 Å². The molecule has 96 valence electrons. The molecule has 1 heterocycles. The third kappa shape index (κ3) is 2.37. The number of nitrogen functional groups attached to an aromatic ring is 1. The number of aromatic nitrogens is 1. The highest BCUT2D eigenvalue weighted by Gasteiger charge is 2.08. The number of nitrogens with zero attached hydrogens (tertiary/aromatic N) is 1. The smallest absolute Gasteiger partial charge is 0.152 e. The van der Waals surface area contributed by atoms with Crippen LogP contribution in [0.4, 0.5) is 10.1 Å². The minimum Gasteiger partial charge on any atom is -0.455 e. The van der Waals surface area contributed by atoms with Crippen LogP contribution in [0.25, 0.3) is 10.2 Å². The van der Waals surface area contributed by atoms with Crippen molar-refractivity contribution in [1.29, 1.82) is 0 Å². The zero-order valence-electron chi connectivity index (χ0n) is 10.2. The molecule has 2 aromatic carbocycles. The quantitative estimate of drug-likeness (QED) is 0.715. The molecule has 0 atom stereocenters. The van der Waals surface area contributed by atoms with E-state index in [1.807, 2.05) is 13.0 Å². The van der Waals surface area contributed by atoms with Crippen LogP contribution < -0.4 is 10.5 Å². The van der Waals surface area contributed by atoms with Gasteiger partial charge >= 0.3 is 0 Å². The maximum absolute atomic E-state index is 13.1. The molecule has 5 heteroatoms. The largest absolute Gasteiger partial charge is 0.455 e. The zero-order chi connectivity index (χ0) is 13.4. The van der Waals surface area contributed by atoms with Gasteiger partial charge in [0.1, 0.15) is 11.6 Å². The van der Waals surface area contributed by atoms with Crippen LogP contribution in [0, 0.1) is 12.7 Å². The number of rotatable bonds is 2. The zero-order valence-corrected chi connectivity index (χ0v) is 11.0. The number of hydrogen-bond acceptors (Lipinski definition) is 4. The van der Waals surface area contributed by atoms with Crippen molar-refractivity contribution in [3.05, 3.63) is 47.2 Å². The van der Waals surface area contributed by atoms with Crippen LogP contribution in [0.1, 0.15) is 5.01 Å². The van der Waals surface area contributed by atoms with Gasteiger partial charge in [0.05, 0.1) is 20.9 Å². The van der Waals surface area contributed by atoms with Gasteiger partial charge in [0, 0.05) is 12.1 Å². The SMILES string of the molecule is Cc1nc2cc(Oc3cccc(F)c3)c(N)cc2s1. The fraction of sp³-hybridized carbons (Fsp3) is 0.0714. The Morgan fingerprint density at radius 1 is 1.26 bits per heavy atom. The lowest BCUT2D eigenvalue weighted by atomic mass is 10.2. The van der Waals surface area contributed by atoms with Crippen LogP contribution in [0.3, 0.4) is 0 Å². The Balaban J connectivity index is 2.02. The molecular formula is C14H11FN2OS. The number of anilines is 1. The maximum Gasteiger partial charge on any atom is 0.152 e. The van der Waals surface area contributed by atoms with E-state index in [4.69, 9.17) is 10.5 Å². The first-order valence-electron chi connectivity index (χ1n) is 5.72. The highest BCUT2D eigenvalue weighted by atomic mass is 32.1. The summed E-state index contributed by atoms with van der Waals surface area (Å²) < 4.78 is 19.7. The molecule has 3 nitrogen and oxygen atoms in total. The summed E-state index contributed by atoms with van der Waals surface area (Å²) in [6.45, 7) is 1.94. The van der Waals surface area contributed by atoms with Crippen molar-refractivity contribution < 1.29 is 9.13 Å². The highest BCUT2D eigenvalue weighted by Crippen LogP contribution is 2.34. The molecule has 0 bridgehead atoms. The van der Waals surface area contributed by atoms with Crippen LogP contribution in [0.5, 0.6) is 11.5 Å². The van der Waals surface area contributed by atoms with Crippen molar-refractivity contribution in [2.24, 2.45) is 0 Å². The maximum atomic E-state index is 13.1. The normalized spacial score (nSPS) is 10.8. The molecule has 0 fully saturated rings. The average Bonchev–Trinajstić information content (AvgIpc) is 2.69. The average molecular weight is 274 g/mol. The summed E-state index contributed by atoms with van der Waals surface area (Å²) in [6.07, 6.45) is 0. The number of thiazole rings is 1. The second kappa shape index (κ2) is 4.51. The minimum absolute atomic E-state index is 0.346. The number of ether oxygens (including phenoxy) is 1. The summed E-state index contributed by atoms with van der Waals surface area (Å²) in [5.74, 6) is 0.558. The monoisotopic (exact) mass is 274 g/mol. The first kappa shape index (κ1) is 11.9. The Bertz CT molecular complexity index is 754.